The van der Waals surface area contributed by atoms with E-state index in [4.69, 9.17) is 0 Å². The van der Waals surface area contributed by atoms with Crippen molar-refractivity contribution in [2.24, 2.45) is 4.99 Å². The zero-order chi connectivity index (χ0) is 6.85. The minimum absolute atomic E-state index is 0.518. The molecule has 0 aromatic carbocycles. The van der Waals surface area contributed by atoms with Crippen molar-refractivity contribution in [3.05, 3.63) is 0 Å². The highest BCUT2D eigenvalue weighted by molar-refractivity contribution is 5.81. The Hall–Kier alpha value is -0.530. The molecule has 0 saturated heterocycles. The molecular weight excluding hydrogens is 112 g/mol. The molecule has 0 amide bonds. The minimum Gasteiger partial charge on any atom is -0.359 e. The van der Waals surface area contributed by atoms with Crippen LogP contribution in [0.15, 0.2) is 4.99 Å². The summed E-state index contributed by atoms with van der Waals surface area (Å²) in [7, 11) is 0. The van der Waals surface area contributed by atoms with Gasteiger partial charge in [0.05, 0.1) is 11.9 Å². The Morgan fingerprint density at radius 3 is 2.67 bits per heavy atom. The zero-order valence-electron chi connectivity index (χ0n) is 6.39. The Bertz CT molecular complexity index is 129. The predicted octanol–water partition coefficient (Wildman–Crippen LogP) is 1.13. The number of hydrogen-bond acceptors (Lipinski definition) is 2. The molecule has 1 unspecified atom stereocenters. The number of hydrogen-bond donors (Lipinski definition) is 0. The van der Waals surface area contributed by atoms with Gasteiger partial charge in [-0.15, -0.1) is 0 Å². The summed E-state index contributed by atoms with van der Waals surface area (Å²) >= 11 is 0. The van der Waals surface area contributed by atoms with Crippen LogP contribution < -0.4 is 0 Å². The first-order valence-corrected chi connectivity index (χ1v) is 3.53. The molecule has 0 N–H and O–H groups in total. The smallest absolute Gasteiger partial charge is 0.0962 e. The van der Waals surface area contributed by atoms with Crippen molar-refractivity contribution in [3.8, 4) is 0 Å². The fourth-order valence-electron chi connectivity index (χ4n) is 1.25. The van der Waals surface area contributed by atoms with Crippen LogP contribution in [0.5, 0.6) is 0 Å². The van der Waals surface area contributed by atoms with Crippen LogP contribution in [-0.4, -0.2) is 29.9 Å². The van der Waals surface area contributed by atoms with Crippen molar-refractivity contribution in [1.29, 1.82) is 0 Å². The van der Waals surface area contributed by atoms with Crippen LogP contribution in [0.1, 0.15) is 20.8 Å². The summed E-state index contributed by atoms with van der Waals surface area (Å²) in [5.41, 5.74) is 0. The first-order chi connectivity index (χ1) is 4.24. The van der Waals surface area contributed by atoms with Gasteiger partial charge in [-0.05, 0) is 20.8 Å². The van der Waals surface area contributed by atoms with Crippen LogP contribution in [-0.2, 0) is 0 Å². The van der Waals surface area contributed by atoms with Gasteiger partial charge in [0, 0.05) is 13.1 Å². The topological polar surface area (TPSA) is 15.6 Å². The van der Waals surface area contributed by atoms with Crippen LogP contribution in [0.4, 0.5) is 0 Å². The Kier molecular flexibility index (Phi) is 1.74. The molecule has 1 atom stereocenters. The average molecular weight is 126 g/mol. The van der Waals surface area contributed by atoms with E-state index in [1.54, 1.807) is 0 Å². The summed E-state index contributed by atoms with van der Waals surface area (Å²) in [5.74, 6) is 1.20. The highest BCUT2D eigenvalue weighted by Gasteiger charge is 2.15. The number of likely N-dealkylation sites (N-methyl/N-ethyl adjacent to an activating group) is 1. The van der Waals surface area contributed by atoms with Crippen molar-refractivity contribution in [1.82, 2.24) is 4.90 Å². The first kappa shape index (κ1) is 6.59. The zero-order valence-corrected chi connectivity index (χ0v) is 6.39. The largest absolute Gasteiger partial charge is 0.359 e. The predicted molar refractivity (Wildman–Crippen MR) is 39.8 cm³/mol. The lowest BCUT2D eigenvalue weighted by atomic mass is 10.3. The molecule has 0 aliphatic carbocycles. The molecule has 1 aliphatic heterocycles. The molecule has 0 aromatic heterocycles. The average Bonchev–Trinajstić information content (AvgIpc) is 2.10. The number of rotatable bonds is 1. The molecule has 1 rings (SSSR count). The van der Waals surface area contributed by atoms with E-state index in [2.05, 4.69) is 30.7 Å². The van der Waals surface area contributed by atoms with Crippen molar-refractivity contribution in [2.75, 3.05) is 13.1 Å². The van der Waals surface area contributed by atoms with Gasteiger partial charge in [-0.3, -0.25) is 4.99 Å². The van der Waals surface area contributed by atoms with Gasteiger partial charge >= 0.3 is 0 Å². The second kappa shape index (κ2) is 2.38. The van der Waals surface area contributed by atoms with Gasteiger partial charge in [0.25, 0.3) is 0 Å². The summed E-state index contributed by atoms with van der Waals surface area (Å²) in [6.07, 6.45) is 0. The van der Waals surface area contributed by atoms with E-state index in [0.717, 1.165) is 13.1 Å². The fourth-order valence-corrected chi connectivity index (χ4v) is 1.25. The Morgan fingerprint density at radius 1 is 1.78 bits per heavy atom. The molecule has 1 aliphatic rings. The van der Waals surface area contributed by atoms with Crippen molar-refractivity contribution in [2.45, 2.75) is 26.8 Å². The van der Waals surface area contributed by atoms with Gasteiger partial charge < -0.3 is 4.90 Å². The standard InChI is InChI=1S/C7H14N2/c1-4-9-5-6(2)8-7(9)3/h6H,4-5H2,1-3H3. The van der Waals surface area contributed by atoms with Gasteiger partial charge in [0.1, 0.15) is 0 Å². The third-order valence-electron chi connectivity index (χ3n) is 1.73. The van der Waals surface area contributed by atoms with E-state index in [-0.39, 0.29) is 0 Å². The highest BCUT2D eigenvalue weighted by Crippen LogP contribution is 2.06. The van der Waals surface area contributed by atoms with Gasteiger partial charge in [0.2, 0.25) is 0 Å². The van der Waals surface area contributed by atoms with Gasteiger partial charge in [-0.1, -0.05) is 0 Å². The highest BCUT2D eigenvalue weighted by atomic mass is 15.2. The molecule has 0 spiro atoms. The number of nitrogens with zero attached hydrogens (tertiary/aromatic N) is 2. The molecule has 2 heteroatoms. The lowest BCUT2D eigenvalue weighted by Crippen LogP contribution is -2.26. The summed E-state index contributed by atoms with van der Waals surface area (Å²) in [6.45, 7) is 8.60. The maximum absolute atomic E-state index is 4.38. The Morgan fingerprint density at radius 2 is 2.44 bits per heavy atom. The Balaban J connectivity index is 2.53. The third-order valence-corrected chi connectivity index (χ3v) is 1.73. The summed E-state index contributed by atoms with van der Waals surface area (Å²) in [4.78, 5) is 6.68. The molecule has 52 valence electrons. The quantitative estimate of drug-likeness (QED) is 0.514. The lowest BCUT2D eigenvalue weighted by Gasteiger charge is -2.14. The van der Waals surface area contributed by atoms with E-state index in [1.165, 1.54) is 5.84 Å². The monoisotopic (exact) mass is 126 g/mol. The molecule has 0 aromatic rings. The van der Waals surface area contributed by atoms with E-state index in [9.17, 15) is 0 Å². The first-order valence-electron chi connectivity index (χ1n) is 3.53. The molecule has 0 fully saturated rings. The van der Waals surface area contributed by atoms with E-state index in [0.29, 0.717) is 6.04 Å². The molecule has 1 heterocycles. The second-order valence-electron chi connectivity index (χ2n) is 2.56. The summed E-state index contributed by atoms with van der Waals surface area (Å²) < 4.78 is 0. The van der Waals surface area contributed by atoms with Gasteiger partial charge in [-0.2, -0.15) is 0 Å². The fraction of sp³-hybridized carbons (Fsp3) is 0.857. The minimum atomic E-state index is 0.518. The molecule has 2 nitrogen and oxygen atoms in total. The molecule has 0 radical (unpaired) electrons. The lowest BCUT2D eigenvalue weighted by molar-refractivity contribution is 0.451. The SMILES string of the molecule is CCN1CC(C)N=C1C. The van der Waals surface area contributed by atoms with Crippen LogP contribution in [0.3, 0.4) is 0 Å². The van der Waals surface area contributed by atoms with E-state index in [1.807, 2.05) is 0 Å². The van der Waals surface area contributed by atoms with Gasteiger partial charge in [-0.25, -0.2) is 0 Å². The second-order valence-corrected chi connectivity index (χ2v) is 2.56. The van der Waals surface area contributed by atoms with Crippen LogP contribution >= 0.6 is 0 Å². The third kappa shape index (κ3) is 1.23. The van der Waals surface area contributed by atoms with Crippen LogP contribution in [0.25, 0.3) is 0 Å². The Labute approximate surface area is 56.6 Å². The van der Waals surface area contributed by atoms with Crippen molar-refractivity contribution < 1.29 is 0 Å². The van der Waals surface area contributed by atoms with Gasteiger partial charge in [0.15, 0.2) is 0 Å². The number of amidine groups is 1. The summed E-state index contributed by atoms with van der Waals surface area (Å²) in [5, 5.41) is 0. The molecule has 0 saturated carbocycles. The van der Waals surface area contributed by atoms with Crippen molar-refractivity contribution >= 4 is 5.84 Å². The van der Waals surface area contributed by atoms with E-state index >= 15 is 0 Å². The normalized spacial score (nSPS) is 26.8. The maximum atomic E-state index is 4.38. The van der Waals surface area contributed by atoms with E-state index < -0.39 is 0 Å². The molecule has 9 heavy (non-hydrogen) atoms. The van der Waals surface area contributed by atoms with Crippen LogP contribution in [0, 0.1) is 0 Å². The maximum Gasteiger partial charge on any atom is 0.0962 e. The molecular formula is C7H14N2. The summed E-state index contributed by atoms with van der Waals surface area (Å²) in [6, 6.07) is 0.518. The number of aliphatic imine (C=N–C) groups is 1. The molecule has 0 bridgehead atoms. The van der Waals surface area contributed by atoms with Crippen molar-refractivity contribution in [3.63, 3.8) is 0 Å². The van der Waals surface area contributed by atoms with Crippen LogP contribution in [0.2, 0.25) is 0 Å².